The normalized spacial score (nSPS) is 15.7. The molecule has 110 valence electrons. The van der Waals surface area contributed by atoms with Gasteiger partial charge in [-0.25, -0.2) is 19.7 Å². The van der Waals surface area contributed by atoms with Crippen molar-refractivity contribution in [1.82, 2.24) is 30.0 Å². The third-order valence-corrected chi connectivity index (χ3v) is 3.36. The summed E-state index contributed by atoms with van der Waals surface area (Å²) in [7, 11) is 0. The minimum atomic E-state index is -1.12. The lowest BCUT2D eigenvalue weighted by molar-refractivity contribution is 0.190. The number of rotatable bonds is 4. The molecule has 0 aromatic carbocycles. The number of carboxylic acid groups (broad SMARTS) is 1. The molecule has 0 aliphatic heterocycles. The molecule has 2 aromatic rings. The molecular formula is C12H13ClN6O2. The van der Waals surface area contributed by atoms with E-state index >= 15 is 0 Å². The Morgan fingerprint density at radius 3 is 2.90 bits per heavy atom. The number of nitrogens with one attached hydrogen (secondary N) is 1. The van der Waals surface area contributed by atoms with Gasteiger partial charge < -0.3 is 10.4 Å². The molecule has 21 heavy (non-hydrogen) atoms. The smallest absolute Gasteiger partial charge is 0.405 e. The molecule has 1 amide bonds. The van der Waals surface area contributed by atoms with Crippen LogP contribution in [0.25, 0.3) is 5.82 Å². The first-order valence-corrected chi connectivity index (χ1v) is 6.86. The van der Waals surface area contributed by atoms with E-state index in [2.05, 4.69) is 25.4 Å². The van der Waals surface area contributed by atoms with Gasteiger partial charge in [0.15, 0.2) is 17.5 Å². The molecule has 2 heterocycles. The number of hydrogen-bond acceptors (Lipinski definition) is 5. The van der Waals surface area contributed by atoms with Gasteiger partial charge >= 0.3 is 6.09 Å². The lowest BCUT2D eigenvalue weighted by atomic mass is 10.3. The summed E-state index contributed by atoms with van der Waals surface area (Å²) >= 11 is 5.87. The monoisotopic (exact) mass is 308 g/mol. The Morgan fingerprint density at radius 1 is 1.52 bits per heavy atom. The zero-order valence-corrected chi connectivity index (χ0v) is 11.9. The average molecular weight is 309 g/mol. The van der Waals surface area contributed by atoms with Gasteiger partial charge in [0.1, 0.15) is 11.5 Å². The van der Waals surface area contributed by atoms with Crippen LogP contribution in [0, 0.1) is 0 Å². The van der Waals surface area contributed by atoms with Gasteiger partial charge in [0.25, 0.3) is 0 Å². The average Bonchev–Trinajstić information content (AvgIpc) is 3.17. The number of hydrogen-bond donors (Lipinski definition) is 2. The summed E-state index contributed by atoms with van der Waals surface area (Å²) in [4.78, 5) is 23.2. The van der Waals surface area contributed by atoms with Crippen molar-refractivity contribution < 1.29 is 9.90 Å². The molecule has 1 atom stereocenters. The summed E-state index contributed by atoms with van der Waals surface area (Å²) in [5.41, 5.74) is 0. The van der Waals surface area contributed by atoms with E-state index in [-0.39, 0.29) is 5.15 Å². The molecule has 1 aliphatic rings. The van der Waals surface area contributed by atoms with E-state index in [0.717, 1.165) is 12.8 Å². The van der Waals surface area contributed by atoms with E-state index in [0.29, 0.717) is 23.4 Å². The Labute approximate surface area is 125 Å². The van der Waals surface area contributed by atoms with Crippen LogP contribution in [-0.2, 0) is 0 Å². The number of nitrogens with zero attached hydrogens (tertiary/aromatic N) is 5. The first-order chi connectivity index (χ1) is 10.0. The highest BCUT2D eigenvalue weighted by Crippen LogP contribution is 2.38. The SMILES string of the molecule is C[C@H](NC(=O)O)c1nc(C2CC2)nn1-c1cc(Cl)ncn1. The fraction of sp³-hybridized carbons (Fsp3) is 0.417. The summed E-state index contributed by atoms with van der Waals surface area (Å²) < 4.78 is 1.52. The molecule has 0 bridgehead atoms. The van der Waals surface area contributed by atoms with Crippen molar-refractivity contribution in [2.75, 3.05) is 0 Å². The Morgan fingerprint density at radius 2 is 2.29 bits per heavy atom. The highest BCUT2D eigenvalue weighted by atomic mass is 35.5. The molecular weight excluding hydrogens is 296 g/mol. The van der Waals surface area contributed by atoms with Crippen molar-refractivity contribution in [3.63, 3.8) is 0 Å². The Balaban J connectivity index is 2.02. The lowest BCUT2D eigenvalue weighted by Crippen LogP contribution is -2.27. The zero-order chi connectivity index (χ0) is 15.0. The van der Waals surface area contributed by atoms with E-state index in [1.165, 1.54) is 11.0 Å². The Kier molecular flexibility index (Phi) is 3.46. The van der Waals surface area contributed by atoms with Crippen LogP contribution >= 0.6 is 11.6 Å². The van der Waals surface area contributed by atoms with Crippen LogP contribution < -0.4 is 5.32 Å². The maximum Gasteiger partial charge on any atom is 0.405 e. The molecule has 0 radical (unpaired) electrons. The Bertz CT molecular complexity index is 684. The van der Waals surface area contributed by atoms with Crippen LogP contribution in [0.5, 0.6) is 0 Å². The lowest BCUT2D eigenvalue weighted by Gasteiger charge is -2.11. The fourth-order valence-corrected chi connectivity index (χ4v) is 2.14. The topological polar surface area (TPSA) is 106 Å². The van der Waals surface area contributed by atoms with E-state index in [4.69, 9.17) is 16.7 Å². The summed E-state index contributed by atoms with van der Waals surface area (Å²) in [6.07, 6.45) is 2.31. The van der Waals surface area contributed by atoms with Gasteiger partial charge in [-0.15, -0.1) is 5.10 Å². The minimum Gasteiger partial charge on any atom is -0.465 e. The molecule has 2 N–H and O–H groups in total. The zero-order valence-electron chi connectivity index (χ0n) is 11.2. The maximum atomic E-state index is 10.8. The van der Waals surface area contributed by atoms with Crippen LogP contribution in [-0.4, -0.2) is 35.9 Å². The predicted molar refractivity (Wildman–Crippen MR) is 73.5 cm³/mol. The number of amides is 1. The fourth-order valence-electron chi connectivity index (χ4n) is 1.99. The molecule has 1 fully saturated rings. The third kappa shape index (κ3) is 2.94. The summed E-state index contributed by atoms with van der Waals surface area (Å²) in [6.45, 7) is 1.70. The first-order valence-electron chi connectivity index (χ1n) is 6.49. The highest BCUT2D eigenvalue weighted by molar-refractivity contribution is 6.29. The Hall–Kier alpha value is -2.22. The van der Waals surface area contributed by atoms with Crippen molar-refractivity contribution in [2.24, 2.45) is 0 Å². The molecule has 0 unspecified atom stereocenters. The molecule has 2 aromatic heterocycles. The number of carbonyl (C=O) groups is 1. The molecule has 0 saturated heterocycles. The molecule has 3 rings (SSSR count). The second kappa shape index (κ2) is 5.28. The van der Waals surface area contributed by atoms with Crippen molar-refractivity contribution >= 4 is 17.7 Å². The first kappa shape index (κ1) is 13.7. The van der Waals surface area contributed by atoms with Crippen molar-refractivity contribution in [1.29, 1.82) is 0 Å². The second-order valence-corrected chi connectivity index (χ2v) is 5.27. The van der Waals surface area contributed by atoms with Crippen LogP contribution in [0.4, 0.5) is 4.79 Å². The predicted octanol–water partition coefficient (Wildman–Crippen LogP) is 1.92. The molecule has 1 saturated carbocycles. The molecule has 1 aliphatic carbocycles. The van der Waals surface area contributed by atoms with E-state index in [9.17, 15) is 4.79 Å². The van der Waals surface area contributed by atoms with Gasteiger partial charge in [-0.3, -0.25) is 0 Å². The maximum absolute atomic E-state index is 10.8. The van der Waals surface area contributed by atoms with Crippen molar-refractivity contribution in [2.45, 2.75) is 31.7 Å². The van der Waals surface area contributed by atoms with E-state index < -0.39 is 12.1 Å². The third-order valence-electron chi connectivity index (χ3n) is 3.15. The van der Waals surface area contributed by atoms with Crippen LogP contribution in [0.3, 0.4) is 0 Å². The van der Waals surface area contributed by atoms with Gasteiger partial charge in [-0.1, -0.05) is 11.6 Å². The van der Waals surface area contributed by atoms with Crippen LogP contribution in [0.2, 0.25) is 5.15 Å². The molecule has 9 heteroatoms. The summed E-state index contributed by atoms with van der Waals surface area (Å²) in [5, 5.41) is 16.0. The van der Waals surface area contributed by atoms with Crippen LogP contribution in [0.15, 0.2) is 12.4 Å². The van der Waals surface area contributed by atoms with Gasteiger partial charge in [0.2, 0.25) is 0 Å². The summed E-state index contributed by atoms with van der Waals surface area (Å²) in [5.74, 6) is 2.00. The van der Waals surface area contributed by atoms with Crippen molar-refractivity contribution in [3.05, 3.63) is 29.2 Å². The standard InChI is InChI=1S/C12H13ClN6O2/c1-6(16-12(20)21)11-17-10(7-2-3-7)18-19(11)9-4-8(13)14-5-15-9/h4-7,16H,2-3H2,1H3,(H,20,21)/t6-/m0/s1. The minimum absolute atomic E-state index is 0.285. The summed E-state index contributed by atoms with van der Waals surface area (Å²) in [6, 6.07) is 1.04. The number of aromatic nitrogens is 5. The van der Waals surface area contributed by atoms with E-state index in [1.54, 1.807) is 13.0 Å². The highest BCUT2D eigenvalue weighted by Gasteiger charge is 2.30. The van der Waals surface area contributed by atoms with Gasteiger partial charge in [0, 0.05) is 12.0 Å². The second-order valence-electron chi connectivity index (χ2n) is 4.88. The van der Waals surface area contributed by atoms with E-state index in [1.807, 2.05) is 0 Å². The molecule has 8 nitrogen and oxygen atoms in total. The van der Waals surface area contributed by atoms with Crippen molar-refractivity contribution in [3.8, 4) is 5.82 Å². The quantitative estimate of drug-likeness (QED) is 0.836. The van der Waals surface area contributed by atoms with Crippen LogP contribution in [0.1, 0.15) is 43.4 Å². The molecule has 0 spiro atoms. The van der Waals surface area contributed by atoms with Gasteiger partial charge in [-0.2, -0.15) is 4.68 Å². The van der Waals surface area contributed by atoms with Gasteiger partial charge in [0.05, 0.1) is 6.04 Å². The largest absolute Gasteiger partial charge is 0.465 e. The van der Waals surface area contributed by atoms with Gasteiger partial charge in [-0.05, 0) is 19.8 Å². The number of halogens is 1.